The van der Waals surface area contributed by atoms with E-state index in [4.69, 9.17) is 4.74 Å². The van der Waals surface area contributed by atoms with Gasteiger partial charge in [0.25, 0.3) is 0 Å². The molecule has 1 atom stereocenters. The monoisotopic (exact) mass is 241 g/mol. The Hall–Kier alpha value is -0.900. The maximum atomic E-state index is 11.6. The first-order chi connectivity index (χ1) is 8.11. The van der Waals surface area contributed by atoms with Crippen molar-refractivity contribution in [2.45, 2.75) is 39.5 Å². The predicted octanol–water partition coefficient (Wildman–Crippen LogP) is 1.63. The minimum atomic E-state index is -0.402. The Morgan fingerprint density at radius 1 is 1.29 bits per heavy atom. The molecule has 1 aliphatic heterocycles. The van der Waals surface area contributed by atoms with Crippen molar-refractivity contribution >= 4 is 11.8 Å². The number of ether oxygens (including phenoxy) is 1. The zero-order valence-corrected chi connectivity index (χ0v) is 10.9. The van der Waals surface area contributed by atoms with Crippen LogP contribution in [0, 0.1) is 5.92 Å². The number of carbonyl (C=O) groups excluding carboxylic acids is 2. The van der Waals surface area contributed by atoms with Crippen LogP contribution in [0.5, 0.6) is 0 Å². The lowest BCUT2D eigenvalue weighted by Gasteiger charge is -2.18. The summed E-state index contributed by atoms with van der Waals surface area (Å²) < 4.78 is 4.77. The molecule has 0 aromatic heterocycles. The van der Waals surface area contributed by atoms with E-state index in [1.807, 2.05) is 0 Å². The van der Waals surface area contributed by atoms with Crippen molar-refractivity contribution in [3.63, 3.8) is 0 Å². The molecule has 17 heavy (non-hydrogen) atoms. The van der Waals surface area contributed by atoms with Crippen molar-refractivity contribution in [1.29, 1.82) is 0 Å². The molecule has 1 aliphatic rings. The number of carbonyl (C=O) groups is 2. The highest BCUT2D eigenvalue weighted by Crippen LogP contribution is 2.16. The first-order valence-corrected chi connectivity index (χ1v) is 6.51. The number of Topliss-reactive ketones (excluding diaryl/α,β-unsaturated/α-hetero) is 1. The molecule has 1 saturated heterocycles. The number of hydrogen-bond acceptors (Lipinski definition) is 4. The zero-order valence-electron chi connectivity index (χ0n) is 10.9. The average Bonchev–Trinajstić information content (AvgIpc) is 2.44. The van der Waals surface area contributed by atoms with E-state index in [0.717, 1.165) is 31.8 Å². The Morgan fingerprint density at radius 2 is 2.06 bits per heavy atom. The van der Waals surface area contributed by atoms with E-state index in [-0.39, 0.29) is 12.2 Å². The molecule has 0 N–H and O–H groups in total. The summed E-state index contributed by atoms with van der Waals surface area (Å²) in [6, 6.07) is 0. The van der Waals surface area contributed by atoms with Gasteiger partial charge < -0.3 is 4.74 Å². The molecule has 98 valence electrons. The van der Waals surface area contributed by atoms with Crippen molar-refractivity contribution < 1.29 is 14.3 Å². The van der Waals surface area contributed by atoms with Gasteiger partial charge in [0.15, 0.2) is 5.78 Å². The van der Waals surface area contributed by atoms with Crippen LogP contribution in [0.25, 0.3) is 0 Å². The van der Waals surface area contributed by atoms with Gasteiger partial charge >= 0.3 is 5.97 Å². The lowest BCUT2D eigenvalue weighted by molar-refractivity contribution is -0.145. The Labute approximate surface area is 103 Å². The van der Waals surface area contributed by atoms with Crippen LogP contribution >= 0.6 is 0 Å². The van der Waals surface area contributed by atoms with Crippen LogP contribution in [0.1, 0.15) is 39.5 Å². The van der Waals surface area contributed by atoms with Crippen molar-refractivity contribution in [3.05, 3.63) is 0 Å². The molecular formula is C13H23NO3. The standard InChI is InChI=1S/C13H23NO3/c1-3-17-13(16)9-12(15)10-14-7-4-5-11(2)6-8-14/h11H,3-10H2,1-2H3. The van der Waals surface area contributed by atoms with Crippen LogP contribution in [0.4, 0.5) is 0 Å². The second-order valence-corrected chi connectivity index (χ2v) is 4.83. The molecule has 0 aromatic carbocycles. The van der Waals surface area contributed by atoms with E-state index in [1.54, 1.807) is 6.92 Å². The number of likely N-dealkylation sites (tertiary alicyclic amines) is 1. The molecule has 0 amide bonds. The smallest absolute Gasteiger partial charge is 0.313 e. The van der Waals surface area contributed by atoms with Crippen LogP contribution < -0.4 is 0 Å². The van der Waals surface area contributed by atoms with Gasteiger partial charge in [0.05, 0.1) is 13.2 Å². The van der Waals surface area contributed by atoms with Gasteiger partial charge in [-0.3, -0.25) is 14.5 Å². The molecule has 1 heterocycles. The molecule has 4 nitrogen and oxygen atoms in total. The van der Waals surface area contributed by atoms with Crippen LogP contribution in [0.3, 0.4) is 0 Å². The summed E-state index contributed by atoms with van der Waals surface area (Å²) in [7, 11) is 0. The van der Waals surface area contributed by atoms with E-state index in [2.05, 4.69) is 11.8 Å². The molecule has 0 radical (unpaired) electrons. The molecule has 4 heteroatoms. The highest BCUT2D eigenvalue weighted by molar-refractivity contribution is 5.96. The molecule has 0 aromatic rings. The summed E-state index contributed by atoms with van der Waals surface area (Å²) in [5.41, 5.74) is 0. The topological polar surface area (TPSA) is 46.6 Å². The summed E-state index contributed by atoms with van der Waals surface area (Å²) in [6.45, 7) is 6.68. The van der Waals surface area contributed by atoms with Crippen LogP contribution in [-0.4, -0.2) is 42.9 Å². The molecule has 0 spiro atoms. The molecule has 0 bridgehead atoms. The van der Waals surface area contributed by atoms with Gasteiger partial charge in [0.1, 0.15) is 6.42 Å². The number of rotatable bonds is 5. The van der Waals surface area contributed by atoms with Gasteiger partial charge in [-0.05, 0) is 45.2 Å². The summed E-state index contributed by atoms with van der Waals surface area (Å²) in [5, 5.41) is 0. The highest BCUT2D eigenvalue weighted by Gasteiger charge is 2.18. The number of hydrogen-bond donors (Lipinski definition) is 0. The maximum Gasteiger partial charge on any atom is 0.313 e. The third kappa shape index (κ3) is 5.82. The largest absolute Gasteiger partial charge is 0.466 e. The van der Waals surface area contributed by atoms with Crippen LogP contribution in [0.15, 0.2) is 0 Å². The maximum absolute atomic E-state index is 11.6. The fraction of sp³-hybridized carbons (Fsp3) is 0.846. The highest BCUT2D eigenvalue weighted by atomic mass is 16.5. The van der Waals surface area contributed by atoms with E-state index in [1.165, 1.54) is 6.42 Å². The summed E-state index contributed by atoms with van der Waals surface area (Å²) in [4.78, 5) is 25.0. The van der Waals surface area contributed by atoms with Gasteiger partial charge in [-0.15, -0.1) is 0 Å². The SMILES string of the molecule is CCOC(=O)CC(=O)CN1CCCC(C)CC1. The Kier molecular flexibility index (Phi) is 6.19. The van der Waals surface area contributed by atoms with Crippen molar-refractivity contribution in [2.75, 3.05) is 26.2 Å². The summed E-state index contributed by atoms with van der Waals surface area (Å²) >= 11 is 0. The Balaban J connectivity index is 2.27. The van der Waals surface area contributed by atoms with E-state index in [9.17, 15) is 9.59 Å². The van der Waals surface area contributed by atoms with Crippen molar-refractivity contribution in [3.8, 4) is 0 Å². The zero-order chi connectivity index (χ0) is 12.7. The molecule has 1 fully saturated rings. The van der Waals surface area contributed by atoms with Crippen molar-refractivity contribution in [1.82, 2.24) is 4.90 Å². The Morgan fingerprint density at radius 3 is 2.76 bits per heavy atom. The molecular weight excluding hydrogens is 218 g/mol. The number of esters is 1. The predicted molar refractivity (Wildman–Crippen MR) is 65.7 cm³/mol. The minimum Gasteiger partial charge on any atom is -0.466 e. The van der Waals surface area contributed by atoms with Gasteiger partial charge in [0.2, 0.25) is 0 Å². The second kappa shape index (κ2) is 7.43. The minimum absolute atomic E-state index is 0.0296. The van der Waals surface area contributed by atoms with E-state index in [0.29, 0.717) is 13.2 Å². The fourth-order valence-corrected chi connectivity index (χ4v) is 2.16. The average molecular weight is 241 g/mol. The quantitative estimate of drug-likeness (QED) is 0.542. The normalized spacial score (nSPS) is 21.9. The third-order valence-electron chi connectivity index (χ3n) is 3.16. The van der Waals surface area contributed by atoms with Gasteiger partial charge in [-0.1, -0.05) is 6.92 Å². The second-order valence-electron chi connectivity index (χ2n) is 4.83. The Bertz CT molecular complexity index is 265. The first-order valence-electron chi connectivity index (χ1n) is 6.51. The van der Waals surface area contributed by atoms with Gasteiger partial charge in [-0.2, -0.15) is 0 Å². The molecule has 0 saturated carbocycles. The number of ketones is 1. The van der Waals surface area contributed by atoms with Crippen LogP contribution in [0.2, 0.25) is 0 Å². The number of nitrogens with zero attached hydrogens (tertiary/aromatic N) is 1. The third-order valence-corrected chi connectivity index (χ3v) is 3.16. The first kappa shape index (κ1) is 14.2. The molecule has 1 unspecified atom stereocenters. The summed E-state index contributed by atoms with van der Waals surface area (Å²) in [5.74, 6) is 0.318. The molecule has 1 rings (SSSR count). The van der Waals surface area contributed by atoms with Crippen LogP contribution in [-0.2, 0) is 14.3 Å². The lowest BCUT2D eigenvalue weighted by Crippen LogP contribution is -2.32. The van der Waals surface area contributed by atoms with E-state index >= 15 is 0 Å². The summed E-state index contributed by atoms with van der Waals surface area (Å²) in [6.07, 6.45) is 3.45. The lowest BCUT2D eigenvalue weighted by atomic mass is 10.0. The van der Waals surface area contributed by atoms with Gasteiger partial charge in [-0.25, -0.2) is 0 Å². The van der Waals surface area contributed by atoms with E-state index < -0.39 is 5.97 Å². The van der Waals surface area contributed by atoms with Crippen molar-refractivity contribution in [2.24, 2.45) is 5.92 Å². The van der Waals surface area contributed by atoms with Gasteiger partial charge in [0, 0.05) is 0 Å². The molecule has 0 aliphatic carbocycles. The fourth-order valence-electron chi connectivity index (χ4n) is 2.16.